The summed E-state index contributed by atoms with van der Waals surface area (Å²) >= 11 is 0. The summed E-state index contributed by atoms with van der Waals surface area (Å²) < 4.78 is 16.7. The summed E-state index contributed by atoms with van der Waals surface area (Å²) in [4.78, 5) is 35.1. The number of aryl methyl sites for hydroxylation is 1. The molecule has 0 aromatic carbocycles. The van der Waals surface area contributed by atoms with Crippen molar-refractivity contribution in [2.24, 2.45) is 0 Å². The van der Waals surface area contributed by atoms with E-state index < -0.39 is 5.95 Å². The van der Waals surface area contributed by atoms with Gasteiger partial charge in [-0.25, -0.2) is 9.97 Å². The SMILES string of the molecule is Cc1cc(CNC2CCN(CC3Cn4c(=O)ccc5ncc(=O)n3c54)CC2)cnc1F. The molecule has 162 valence electrons. The summed E-state index contributed by atoms with van der Waals surface area (Å²) in [5.74, 6) is -0.418. The maximum absolute atomic E-state index is 13.3. The Morgan fingerprint density at radius 1 is 1.13 bits per heavy atom. The molecule has 1 unspecified atom stereocenters. The van der Waals surface area contributed by atoms with Crippen molar-refractivity contribution < 1.29 is 4.39 Å². The van der Waals surface area contributed by atoms with Crippen LogP contribution in [0, 0.1) is 12.9 Å². The summed E-state index contributed by atoms with van der Waals surface area (Å²) in [6, 6.07) is 5.35. The van der Waals surface area contributed by atoms with Crippen molar-refractivity contribution in [1.82, 2.24) is 29.3 Å². The Hall–Kier alpha value is -2.91. The highest BCUT2D eigenvalue weighted by Gasteiger charge is 2.29. The first-order valence-corrected chi connectivity index (χ1v) is 10.7. The van der Waals surface area contributed by atoms with E-state index in [0.717, 1.165) is 38.0 Å². The number of hydrogen-bond donors (Lipinski definition) is 1. The van der Waals surface area contributed by atoms with E-state index in [4.69, 9.17) is 0 Å². The number of pyridine rings is 2. The second-order valence-corrected chi connectivity index (χ2v) is 8.52. The van der Waals surface area contributed by atoms with Crippen LogP contribution in [0.3, 0.4) is 0 Å². The van der Waals surface area contributed by atoms with Crippen molar-refractivity contribution in [1.29, 1.82) is 0 Å². The summed E-state index contributed by atoms with van der Waals surface area (Å²) in [6.07, 6.45) is 4.91. The maximum Gasteiger partial charge on any atom is 0.270 e. The van der Waals surface area contributed by atoms with Gasteiger partial charge in [0.2, 0.25) is 5.95 Å². The van der Waals surface area contributed by atoms with Gasteiger partial charge in [0, 0.05) is 43.5 Å². The van der Waals surface area contributed by atoms with Crippen LogP contribution in [0.2, 0.25) is 0 Å². The van der Waals surface area contributed by atoms with Gasteiger partial charge in [0.1, 0.15) is 11.2 Å². The minimum absolute atomic E-state index is 0.0640. The molecule has 9 heteroatoms. The van der Waals surface area contributed by atoms with Crippen LogP contribution in [0.25, 0.3) is 11.2 Å². The van der Waals surface area contributed by atoms with Gasteiger partial charge in [-0.1, -0.05) is 0 Å². The standard InChI is InChI=1S/C22H25FN6O2/c1-14-8-15(10-26-21(14)23)9-24-16-4-6-27(7-5-16)12-17-13-28-19(30)3-2-18-22(28)29(17)20(31)11-25-18/h2-3,8,10-11,16-17,24H,4-7,9,12-13H2,1H3. The van der Waals surface area contributed by atoms with Crippen LogP contribution in [0.4, 0.5) is 4.39 Å². The number of rotatable bonds is 5. The predicted octanol–water partition coefficient (Wildman–Crippen LogP) is 1.21. The van der Waals surface area contributed by atoms with Gasteiger partial charge >= 0.3 is 0 Å². The summed E-state index contributed by atoms with van der Waals surface area (Å²) in [5.41, 5.74) is 2.60. The first-order chi connectivity index (χ1) is 15.0. The molecule has 0 amide bonds. The van der Waals surface area contributed by atoms with Gasteiger partial charge in [-0.2, -0.15) is 4.39 Å². The number of likely N-dealkylation sites (tertiary alicyclic amines) is 1. The average Bonchev–Trinajstić information content (AvgIpc) is 3.15. The second kappa shape index (κ2) is 7.97. The van der Waals surface area contributed by atoms with Crippen molar-refractivity contribution in [2.45, 2.75) is 44.9 Å². The topological polar surface area (TPSA) is 85.0 Å². The molecule has 0 saturated carbocycles. The van der Waals surface area contributed by atoms with Crippen molar-refractivity contribution >= 4 is 11.2 Å². The number of aromatic nitrogens is 4. The molecule has 5 rings (SSSR count). The van der Waals surface area contributed by atoms with Crippen LogP contribution in [0.5, 0.6) is 0 Å². The number of piperidine rings is 1. The zero-order valence-electron chi connectivity index (χ0n) is 17.4. The number of hydrogen-bond acceptors (Lipinski definition) is 6. The number of nitrogens with one attached hydrogen (secondary N) is 1. The lowest BCUT2D eigenvalue weighted by Crippen LogP contribution is -2.44. The van der Waals surface area contributed by atoms with Crippen LogP contribution < -0.4 is 16.4 Å². The molecule has 8 nitrogen and oxygen atoms in total. The predicted molar refractivity (Wildman–Crippen MR) is 115 cm³/mol. The first-order valence-electron chi connectivity index (χ1n) is 10.7. The zero-order chi connectivity index (χ0) is 21.5. The van der Waals surface area contributed by atoms with Gasteiger partial charge in [0.15, 0.2) is 0 Å². The third-order valence-electron chi connectivity index (χ3n) is 6.40. The van der Waals surface area contributed by atoms with Gasteiger partial charge in [-0.05, 0) is 50.6 Å². The average molecular weight is 424 g/mol. The Kier molecular flexibility index (Phi) is 5.15. The lowest BCUT2D eigenvalue weighted by Gasteiger charge is -2.34. The molecule has 2 aliphatic heterocycles. The maximum atomic E-state index is 13.3. The molecule has 2 aliphatic rings. The fraction of sp³-hybridized carbons (Fsp3) is 0.455. The van der Waals surface area contributed by atoms with Crippen LogP contribution in [-0.4, -0.2) is 49.7 Å². The molecule has 0 aliphatic carbocycles. The Morgan fingerprint density at radius 3 is 2.71 bits per heavy atom. The van der Waals surface area contributed by atoms with Gasteiger partial charge in [0.25, 0.3) is 11.1 Å². The highest BCUT2D eigenvalue weighted by atomic mass is 19.1. The molecule has 31 heavy (non-hydrogen) atoms. The highest BCUT2D eigenvalue weighted by molar-refractivity contribution is 5.71. The Balaban J connectivity index is 1.21. The molecule has 1 N–H and O–H groups in total. The fourth-order valence-corrected chi connectivity index (χ4v) is 4.76. The molecule has 1 saturated heterocycles. The van der Waals surface area contributed by atoms with Crippen LogP contribution in [0.1, 0.15) is 30.0 Å². The van der Waals surface area contributed by atoms with E-state index >= 15 is 0 Å². The molecule has 5 heterocycles. The van der Waals surface area contributed by atoms with Crippen molar-refractivity contribution in [2.75, 3.05) is 19.6 Å². The molecule has 3 aromatic rings. The van der Waals surface area contributed by atoms with E-state index in [2.05, 4.69) is 20.2 Å². The molecule has 1 fully saturated rings. The largest absolute Gasteiger partial charge is 0.310 e. The van der Waals surface area contributed by atoms with E-state index in [1.807, 2.05) is 6.07 Å². The molecule has 3 aromatic heterocycles. The third-order valence-corrected chi connectivity index (χ3v) is 6.40. The normalized spacial score (nSPS) is 19.4. The van der Waals surface area contributed by atoms with Crippen LogP contribution >= 0.6 is 0 Å². The molecular formula is C22H25FN6O2. The van der Waals surface area contributed by atoms with Gasteiger partial charge < -0.3 is 10.2 Å². The minimum atomic E-state index is -0.418. The minimum Gasteiger partial charge on any atom is -0.310 e. The van der Waals surface area contributed by atoms with E-state index in [1.54, 1.807) is 28.3 Å². The smallest absolute Gasteiger partial charge is 0.270 e. The zero-order valence-corrected chi connectivity index (χ0v) is 17.4. The van der Waals surface area contributed by atoms with Gasteiger partial charge in [-0.3, -0.25) is 18.7 Å². The van der Waals surface area contributed by atoms with Crippen molar-refractivity contribution in [3.63, 3.8) is 0 Å². The van der Waals surface area contributed by atoms with E-state index in [-0.39, 0.29) is 17.2 Å². The van der Waals surface area contributed by atoms with E-state index in [0.29, 0.717) is 35.9 Å². The molecule has 0 bridgehead atoms. The number of halogens is 1. The Morgan fingerprint density at radius 2 is 1.94 bits per heavy atom. The first kappa shape index (κ1) is 20.0. The van der Waals surface area contributed by atoms with Crippen molar-refractivity contribution in [3.05, 3.63) is 68.4 Å². The highest BCUT2D eigenvalue weighted by Crippen LogP contribution is 2.24. The van der Waals surface area contributed by atoms with E-state index in [1.165, 1.54) is 12.3 Å². The third kappa shape index (κ3) is 3.79. The van der Waals surface area contributed by atoms with Crippen LogP contribution in [0.15, 0.2) is 40.2 Å². The lowest BCUT2D eigenvalue weighted by molar-refractivity contribution is 0.171. The van der Waals surface area contributed by atoms with Crippen molar-refractivity contribution in [3.8, 4) is 0 Å². The quantitative estimate of drug-likeness (QED) is 0.620. The summed E-state index contributed by atoms with van der Waals surface area (Å²) in [7, 11) is 0. The van der Waals surface area contributed by atoms with E-state index in [9.17, 15) is 14.0 Å². The second-order valence-electron chi connectivity index (χ2n) is 8.52. The molecule has 1 atom stereocenters. The summed E-state index contributed by atoms with van der Waals surface area (Å²) in [6.45, 7) is 5.47. The molecular weight excluding hydrogens is 399 g/mol. The fourth-order valence-electron chi connectivity index (χ4n) is 4.76. The summed E-state index contributed by atoms with van der Waals surface area (Å²) in [5, 5.41) is 3.55. The van der Waals surface area contributed by atoms with Gasteiger partial charge in [0.05, 0.1) is 12.2 Å². The van der Waals surface area contributed by atoms with Crippen LogP contribution in [-0.2, 0) is 13.1 Å². The van der Waals surface area contributed by atoms with Gasteiger partial charge in [-0.15, -0.1) is 0 Å². The molecule has 0 spiro atoms. The number of nitrogens with zero attached hydrogens (tertiary/aromatic N) is 5. The lowest BCUT2D eigenvalue weighted by atomic mass is 10.0. The Bertz CT molecular complexity index is 1240. The monoisotopic (exact) mass is 424 g/mol. The Labute approximate surface area is 178 Å². The molecule has 0 radical (unpaired) electrons.